The van der Waals surface area contributed by atoms with Crippen molar-refractivity contribution < 1.29 is 0 Å². The van der Waals surface area contributed by atoms with Gasteiger partial charge in [-0.3, -0.25) is 4.98 Å². The summed E-state index contributed by atoms with van der Waals surface area (Å²) in [6.45, 7) is 16.5. The summed E-state index contributed by atoms with van der Waals surface area (Å²) in [5, 5.41) is 0. The van der Waals surface area contributed by atoms with Gasteiger partial charge in [-0.15, -0.1) is 0 Å². The Kier molecular flexibility index (Phi) is 5.18. The third-order valence-electron chi connectivity index (χ3n) is 4.87. The van der Waals surface area contributed by atoms with Crippen molar-refractivity contribution in [3.8, 4) is 0 Å². The third-order valence-corrected chi connectivity index (χ3v) is 4.87. The minimum Gasteiger partial charge on any atom is -0.261 e. The molecule has 108 valence electrons. The van der Waals surface area contributed by atoms with Crippen molar-refractivity contribution in [2.24, 2.45) is 16.7 Å². The summed E-state index contributed by atoms with van der Waals surface area (Å²) in [5.41, 5.74) is 1.89. The number of hydrogen-bond donors (Lipinski definition) is 0. The molecule has 0 aliphatic carbocycles. The highest BCUT2D eigenvalue weighted by Crippen LogP contribution is 2.47. The van der Waals surface area contributed by atoms with Gasteiger partial charge < -0.3 is 0 Å². The lowest BCUT2D eigenvalue weighted by molar-refractivity contribution is 0.113. The molecule has 1 rings (SSSR count). The van der Waals surface area contributed by atoms with Crippen molar-refractivity contribution in [2.75, 3.05) is 0 Å². The molecule has 0 saturated carbocycles. The number of nitrogens with zero attached hydrogens (tertiary/aromatic N) is 1. The minimum absolute atomic E-state index is 0.275. The Bertz CT molecular complexity index is 376. The molecule has 19 heavy (non-hydrogen) atoms. The van der Waals surface area contributed by atoms with E-state index in [4.69, 9.17) is 0 Å². The molecular weight excluding hydrogens is 230 g/mol. The van der Waals surface area contributed by atoms with Gasteiger partial charge in [0.1, 0.15) is 0 Å². The molecule has 0 amide bonds. The van der Waals surface area contributed by atoms with Crippen LogP contribution in [-0.2, 0) is 0 Å². The second kappa shape index (κ2) is 6.07. The van der Waals surface area contributed by atoms with Crippen LogP contribution in [0.2, 0.25) is 0 Å². The molecule has 1 nitrogen and oxygen atoms in total. The topological polar surface area (TPSA) is 12.9 Å². The van der Waals surface area contributed by atoms with Gasteiger partial charge in [0.25, 0.3) is 0 Å². The van der Waals surface area contributed by atoms with Crippen LogP contribution in [0.4, 0.5) is 0 Å². The van der Waals surface area contributed by atoms with Crippen molar-refractivity contribution in [3.05, 3.63) is 30.1 Å². The standard InChI is InChI=1S/C18H31N/c1-8-15(16-11-9-10-12-19-16)18(6,7)13-17(4,5)14(2)3/h9-12,14-15H,8,13H2,1-7H3. The Hall–Kier alpha value is -0.850. The monoisotopic (exact) mass is 261 g/mol. The molecule has 1 heteroatoms. The van der Waals surface area contributed by atoms with Crippen LogP contribution in [0.1, 0.15) is 72.9 Å². The summed E-state index contributed by atoms with van der Waals surface area (Å²) in [4.78, 5) is 4.59. The van der Waals surface area contributed by atoms with Crippen LogP contribution in [0.3, 0.4) is 0 Å². The van der Waals surface area contributed by atoms with E-state index in [9.17, 15) is 0 Å². The number of rotatable bonds is 6. The zero-order chi connectivity index (χ0) is 14.7. The van der Waals surface area contributed by atoms with E-state index < -0.39 is 0 Å². The fraction of sp³-hybridized carbons (Fsp3) is 0.722. The van der Waals surface area contributed by atoms with E-state index >= 15 is 0 Å². The first-order valence-electron chi connectivity index (χ1n) is 7.61. The van der Waals surface area contributed by atoms with Gasteiger partial charge in [-0.1, -0.05) is 54.5 Å². The average molecular weight is 261 g/mol. The van der Waals surface area contributed by atoms with E-state index in [0.717, 1.165) is 6.42 Å². The Morgan fingerprint density at radius 3 is 2.11 bits per heavy atom. The van der Waals surface area contributed by atoms with Crippen LogP contribution < -0.4 is 0 Å². The van der Waals surface area contributed by atoms with Crippen molar-refractivity contribution in [1.29, 1.82) is 0 Å². The van der Waals surface area contributed by atoms with E-state index in [1.54, 1.807) is 0 Å². The molecule has 0 saturated heterocycles. The van der Waals surface area contributed by atoms with Crippen LogP contribution in [0, 0.1) is 16.7 Å². The molecule has 1 unspecified atom stereocenters. The largest absolute Gasteiger partial charge is 0.261 e. The minimum atomic E-state index is 0.275. The fourth-order valence-electron chi connectivity index (χ4n) is 3.25. The molecule has 0 aromatic carbocycles. The van der Waals surface area contributed by atoms with E-state index in [1.807, 2.05) is 12.3 Å². The lowest BCUT2D eigenvalue weighted by Crippen LogP contribution is -2.32. The molecule has 0 aliphatic heterocycles. The zero-order valence-corrected chi connectivity index (χ0v) is 13.8. The molecule has 0 N–H and O–H groups in total. The Morgan fingerprint density at radius 1 is 1.05 bits per heavy atom. The zero-order valence-electron chi connectivity index (χ0n) is 13.8. The third kappa shape index (κ3) is 4.06. The second-order valence-corrected chi connectivity index (χ2v) is 7.52. The highest BCUT2D eigenvalue weighted by atomic mass is 14.7. The highest BCUT2D eigenvalue weighted by Gasteiger charge is 2.37. The number of aromatic nitrogens is 1. The van der Waals surface area contributed by atoms with Gasteiger partial charge in [0.2, 0.25) is 0 Å². The Balaban J connectivity index is 2.97. The van der Waals surface area contributed by atoms with E-state index in [-0.39, 0.29) is 5.41 Å². The molecule has 1 aromatic heterocycles. The predicted octanol–water partition coefficient (Wildman–Crippen LogP) is 5.67. The Labute approximate surface area is 119 Å². The normalized spacial score (nSPS) is 14.7. The van der Waals surface area contributed by atoms with Gasteiger partial charge in [0.05, 0.1) is 0 Å². The molecule has 0 aliphatic rings. The molecule has 0 fully saturated rings. The highest BCUT2D eigenvalue weighted by molar-refractivity contribution is 5.13. The van der Waals surface area contributed by atoms with Gasteiger partial charge in [0.15, 0.2) is 0 Å². The molecular formula is C18H31N. The first kappa shape index (κ1) is 16.2. The number of hydrogen-bond acceptors (Lipinski definition) is 1. The maximum absolute atomic E-state index is 4.59. The maximum Gasteiger partial charge on any atom is 0.0439 e. The van der Waals surface area contributed by atoms with Gasteiger partial charge in [-0.2, -0.15) is 0 Å². The molecule has 0 bridgehead atoms. The van der Waals surface area contributed by atoms with Crippen LogP contribution in [-0.4, -0.2) is 4.98 Å². The van der Waals surface area contributed by atoms with Gasteiger partial charge in [-0.05, 0) is 41.7 Å². The summed E-state index contributed by atoms with van der Waals surface area (Å²) >= 11 is 0. The summed E-state index contributed by atoms with van der Waals surface area (Å²) in [6.07, 6.45) is 4.30. The molecule has 0 spiro atoms. The predicted molar refractivity (Wildman–Crippen MR) is 84.3 cm³/mol. The number of pyridine rings is 1. The molecule has 0 radical (unpaired) electrons. The van der Waals surface area contributed by atoms with Crippen LogP contribution in [0.15, 0.2) is 24.4 Å². The SMILES string of the molecule is CCC(c1ccccn1)C(C)(C)CC(C)(C)C(C)C. The van der Waals surface area contributed by atoms with Crippen molar-refractivity contribution >= 4 is 0 Å². The van der Waals surface area contributed by atoms with Gasteiger partial charge >= 0.3 is 0 Å². The van der Waals surface area contributed by atoms with Gasteiger partial charge in [-0.25, -0.2) is 0 Å². The quantitative estimate of drug-likeness (QED) is 0.642. The average Bonchev–Trinajstić information content (AvgIpc) is 2.29. The molecule has 1 aromatic rings. The first-order valence-corrected chi connectivity index (χ1v) is 7.61. The summed E-state index contributed by atoms with van der Waals surface area (Å²) in [7, 11) is 0. The first-order chi connectivity index (χ1) is 8.70. The van der Waals surface area contributed by atoms with E-state index in [1.165, 1.54) is 12.1 Å². The fourth-order valence-corrected chi connectivity index (χ4v) is 3.25. The van der Waals surface area contributed by atoms with Crippen molar-refractivity contribution in [2.45, 2.75) is 67.2 Å². The summed E-state index contributed by atoms with van der Waals surface area (Å²) in [6, 6.07) is 6.29. The van der Waals surface area contributed by atoms with Gasteiger partial charge in [0, 0.05) is 17.8 Å². The summed E-state index contributed by atoms with van der Waals surface area (Å²) < 4.78 is 0. The Morgan fingerprint density at radius 2 is 1.68 bits per heavy atom. The summed E-state index contributed by atoms with van der Waals surface area (Å²) in [5.74, 6) is 1.24. The smallest absolute Gasteiger partial charge is 0.0439 e. The lowest BCUT2D eigenvalue weighted by atomic mass is 9.63. The maximum atomic E-state index is 4.59. The van der Waals surface area contributed by atoms with E-state index in [2.05, 4.69) is 65.6 Å². The van der Waals surface area contributed by atoms with Crippen LogP contribution in [0.25, 0.3) is 0 Å². The van der Waals surface area contributed by atoms with Crippen LogP contribution in [0.5, 0.6) is 0 Å². The molecule has 1 atom stereocenters. The van der Waals surface area contributed by atoms with Crippen molar-refractivity contribution in [1.82, 2.24) is 4.98 Å². The van der Waals surface area contributed by atoms with Crippen molar-refractivity contribution in [3.63, 3.8) is 0 Å². The second-order valence-electron chi connectivity index (χ2n) is 7.52. The van der Waals surface area contributed by atoms with E-state index in [0.29, 0.717) is 17.3 Å². The van der Waals surface area contributed by atoms with Crippen LogP contribution >= 0.6 is 0 Å². The lowest BCUT2D eigenvalue weighted by Gasteiger charge is -2.42. The molecule has 1 heterocycles.